The molecule has 0 aliphatic heterocycles. The van der Waals surface area contributed by atoms with E-state index in [0.29, 0.717) is 13.0 Å². The van der Waals surface area contributed by atoms with Gasteiger partial charge in [-0.15, -0.1) is 11.3 Å². The van der Waals surface area contributed by atoms with E-state index in [0.717, 1.165) is 24.3 Å². The quantitative estimate of drug-likeness (QED) is 0.833. The van der Waals surface area contributed by atoms with E-state index in [1.165, 1.54) is 4.88 Å². The van der Waals surface area contributed by atoms with Crippen LogP contribution in [0.25, 0.3) is 0 Å². The molecule has 0 saturated heterocycles. The molecule has 1 heterocycles. The van der Waals surface area contributed by atoms with E-state index >= 15 is 0 Å². The van der Waals surface area contributed by atoms with Gasteiger partial charge in [0.05, 0.1) is 12.3 Å². The van der Waals surface area contributed by atoms with Crippen molar-refractivity contribution in [2.24, 2.45) is 0 Å². The molecule has 1 aromatic carbocycles. The van der Waals surface area contributed by atoms with Gasteiger partial charge < -0.3 is 10.1 Å². The molecule has 3 nitrogen and oxygen atoms in total. The predicted octanol–water partition coefficient (Wildman–Crippen LogP) is 4.11. The number of carbonyl (C=O) groups is 1. The number of carbonyl (C=O) groups excluding carboxylic acids is 1. The van der Waals surface area contributed by atoms with Crippen molar-refractivity contribution in [3.63, 3.8) is 0 Å². The van der Waals surface area contributed by atoms with Crippen LogP contribution in [0.1, 0.15) is 24.6 Å². The largest absolute Gasteiger partial charge is 0.492 e. The molecule has 0 atom stereocenters. The molecule has 0 bridgehead atoms. The molecule has 2 rings (SSSR count). The molecule has 0 aliphatic rings. The topological polar surface area (TPSA) is 38.3 Å². The molecule has 0 saturated carbocycles. The number of benzene rings is 1. The zero-order chi connectivity index (χ0) is 14.2. The lowest BCUT2D eigenvalue weighted by molar-refractivity contribution is -0.116. The Balaban J connectivity index is 1.82. The van der Waals surface area contributed by atoms with Crippen LogP contribution in [-0.4, -0.2) is 12.5 Å². The van der Waals surface area contributed by atoms with Crippen molar-refractivity contribution in [2.75, 3.05) is 11.9 Å². The lowest BCUT2D eigenvalue weighted by Crippen LogP contribution is -2.12. The Morgan fingerprint density at radius 1 is 1.25 bits per heavy atom. The molecule has 0 spiro atoms. The standard InChI is InChI=1S/C16H19NO2S/c1-2-19-15-10-4-3-9-14(15)17-16(18)11-5-7-13-8-6-12-20-13/h3-4,6,8-10,12H,2,5,7,11H2,1H3,(H,17,18). The fraction of sp³-hybridized carbons (Fsp3) is 0.312. The molecule has 0 unspecified atom stereocenters. The van der Waals surface area contributed by atoms with Gasteiger partial charge in [0.25, 0.3) is 0 Å². The molecule has 0 aliphatic carbocycles. The molecule has 20 heavy (non-hydrogen) atoms. The normalized spacial score (nSPS) is 10.2. The van der Waals surface area contributed by atoms with Gasteiger partial charge in [0.2, 0.25) is 5.91 Å². The number of para-hydroxylation sites is 2. The summed E-state index contributed by atoms with van der Waals surface area (Å²) in [6.45, 7) is 2.52. The third-order valence-electron chi connectivity index (χ3n) is 2.87. The predicted molar refractivity (Wildman–Crippen MR) is 83.5 cm³/mol. The van der Waals surface area contributed by atoms with E-state index in [2.05, 4.69) is 16.8 Å². The minimum atomic E-state index is 0.0358. The smallest absolute Gasteiger partial charge is 0.224 e. The number of thiophene rings is 1. The Labute approximate surface area is 123 Å². The van der Waals surface area contributed by atoms with Crippen molar-refractivity contribution >= 4 is 22.9 Å². The van der Waals surface area contributed by atoms with Crippen LogP contribution in [-0.2, 0) is 11.2 Å². The number of ether oxygens (including phenoxy) is 1. The maximum Gasteiger partial charge on any atom is 0.224 e. The van der Waals surface area contributed by atoms with Crippen molar-refractivity contribution in [1.29, 1.82) is 0 Å². The first-order valence-electron chi connectivity index (χ1n) is 6.83. The van der Waals surface area contributed by atoms with Gasteiger partial charge in [-0.25, -0.2) is 0 Å². The van der Waals surface area contributed by atoms with Gasteiger partial charge in [0.15, 0.2) is 0 Å². The van der Waals surface area contributed by atoms with Gasteiger partial charge in [0.1, 0.15) is 5.75 Å². The van der Waals surface area contributed by atoms with E-state index in [1.807, 2.05) is 37.3 Å². The summed E-state index contributed by atoms with van der Waals surface area (Å²) < 4.78 is 5.49. The number of hydrogen-bond acceptors (Lipinski definition) is 3. The van der Waals surface area contributed by atoms with Gasteiger partial charge >= 0.3 is 0 Å². The van der Waals surface area contributed by atoms with E-state index in [-0.39, 0.29) is 5.91 Å². The molecule has 0 fully saturated rings. The number of nitrogens with one attached hydrogen (secondary N) is 1. The van der Waals surface area contributed by atoms with Crippen molar-refractivity contribution in [3.8, 4) is 5.75 Å². The van der Waals surface area contributed by atoms with E-state index in [4.69, 9.17) is 4.74 Å². The van der Waals surface area contributed by atoms with Crippen molar-refractivity contribution in [2.45, 2.75) is 26.2 Å². The summed E-state index contributed by atoms with van der Waals surface area (Å²) in [6.07, 6.45) is 2.35. The zero-order valence-electron chi connectivity index (χ0n) is 11.6. The Hall–Kier alpha value is -1.81. The SMILES string of the molecule is CCOc1ccccc1NC(=O)CCCc1cccs1. The summed E-state index contributed by atoms with van der Waals surface area (Å²) in [5.74, 6) is 0.760. The maximum atomic E-state index is 11.9. The van der Waals surface area contributed by atoms with Crippen LogP contribution in [0.3, 0.4) is 0 Å². The number of rotatable bonds is 7. The molecule has 2 aromatic rings. The molecular weight excluding hydrogens is 270 g/mol. The molecule has 1 amide bonds. The van der Waals surface area contributed by atoms with Crippen molar-refractivity contribution in [1.82, 2.24) is 0 Å². The minimum absolute atomic E-state index is 0.0358. The maximum absolute atomic E-state index is 11.9. The fourth-order valence-electron chi connectivity index (χ4n) is 1.94. The Kier molecular flexibility index (Phi) is 5.62. The molecule has 4 heteroatoms. The third kappa shape index (κ3) is 4.38. The first-order valence-corrected chi connectivity index (χ1v) is 7.71. The first-order chi connectivity index (χ1) is 9.79. The summed E-state index contributed by atoms with van der Waals surface area (Å²) in [5.41, 5.74) is 0.746. The molecule has 0 radical (unpaired) electrons. The summed E-state index contributed by atoms with van der Waals surface area (Å²) in [4.78, 5) is 13.3. The second kappa shape index (κ2) is 7.70. The van der Waals surface area contributed by atoms with Crippen LogP contribution in [0, 0.1) is 0 Å². The van der Waals surface area contributed by atoms with Gasteiger partial charge in [-0.2, -0.15) is 0 Å². The van der Waals surface area contributed by atoms with E-state index in [9.17, 15) is 4.79 Å². The van der Waals surface area contributed by atoms with Crippen LogP contribution in [0.5, 0.6) is 5.75 Å². The minimum Gasteiger partial charge on any atom is -0.492 e. The highest BCUT2D eigenvalue weighted by molar-refractivity contribution is 7.09. The summed E-state index contributed by atoms with van der Waals surface area (Å²) in [7, 11) is 0. The van der Waals surface area contributed by atoms with E-state index < -0.39 is 0 Å². The first kappa shape index (κ1) is 14.6. The Morgan fingerprint density at radius 3 is 2.85 bits per heavy atom. The molecule has 1 N–H and O–H groups in total. The monoisotopic (exact) mass is 289 g/mol. The zero-order valence-corrected chi connectivity index (χ0v) is 12.4. The van der Waals surface area contributed by atoms with Crippen LogP contribution in [0.15, 0.2) is 41.8 Å². The van der Waals surface area contributed by atoms with Crippen molar-refractivity contribution < 1.29 is 9.53 Å². The summed E-state index contributed by atoms with van der Waals surface area (Å²) >= 11 is 1.74. The number of amides is 1. The van der Waals surface area contributed by atoms with Crippen LogP contribution >= 0.6 is 11.3 Å². The Bertz CT molecular complexity index is 537. The Morgan fingerprint density at radius 2 is 2.10 bits per heavy atom. The van der Waals surface area contributed by atoms with Crippen molar-refractivity contribution in [3.05, 3.63) is 46.7 Å². The van der Waals surface area contributed by atoms with E-state index in [1.54, 1.807) is 11.3 Å². The lowest BCUT2D eigenvalue weighted by atomic mass is 10.2. The fourth-order valence-corrected chi connectivity index (χ4v) is 2.69. The second-order valence-electron chi connectivity index (χ2n) is 4.41. The van der Waals surface area contributed by atoms with Gasteiger partial charge in [0, 0.05) is 11.3 Å². The van der Waals surface area contributed by atoms with Crippen LogP contribution < -0.4 is 10.1 Å². The summed E-state index contributed by atoms with van der Waals surface area (Å²) in [5, 5.41) is 4.98. The van der Waals surface area contributed by atoms with Gasteiger partial charge in [-0.1, -0.05) is 18.2 Å². The number of hydrogen-bond donors (Lipinski definition) is 1. The third-order valence-corrected chi connectivity index (χ3v) is 3.80. The second-order valence-corrected chi connectivity index (χ2v) is 5.44. The highest BCUT2D eigenvalue weighted by Crippen LogP contribution is 2.24. The van der Waals surface area contributed by atoms with Gasteiger partial charge in [-0.3, -0.25) is 4.79 Å². The summed E-state index contributed by atoms with van der Waals surface area (Å²) in [6, 6.07) is 11.7. The number of anilines is 1. The molecular formula is C16H19NO2S. The highest BCUT2D eigenvalue weighted by Gasteiger charge is 2.07. The van der Waals surface area contributed by atoms with Crippen LogP contribution in [0.2, 0.25) is 0 Å². The lowest BCUT2D eigenvalue weighted by Gasteiger charge is -2.11. The average molecular weight is 289 g/mol. The molecule has 1 aromatic heterocycles. The molecule has 106 valence electrons. The number of aryl methyl sites for hydroxylation is 1. The van der Waals surface area contributed by atoms with Gasteiger partial charge in [-0.05, 0) is 43.3 Å². The average Bonchev–Trinajstić information content (AvgIpc) is 2.94. The van der Waals surface area contributed by atoms with Crippen LogP contribution in [0.4, 0.5) is 5.69 Å². The highest BCUT2D eigenvalue weighted by atomic mass is 32.1.